The molecule has 0 radical (unpaired) electrons. The van der Waals surface area contributed by atoms with E-state index in [0.29, 0.717) is 12.5 Å². The highest BCUT2D eigenvalue weighted by atomic mass is 35.5. The van der Waals surface area contributed by atoms with Crippen molar-refractivity contribution in [3.8, 4) is 0 Å². The molecule has 13 heavy (non-hydrogen) atoms. The highest BCUT2D eigenvalue weighted by Crippen LogP contribution is 2.38. The lowest BCUT2D eigenvalue weighted by Gasteiger charge is -1.99. The number of aromatic nitrogens is 2. The zero-order valence-electron chi connectivity index (χ0n) is 7.44. The van der Waals surface area contributed by atoms with Crippen LogP contribution in [0.2, 0.25) is 0 Å². The predicted octanol–water partition coefficient (Wildman–Crippen LogP) is 1.28. The van der Waals surface area contributed by atoms with Crippen molar-refractivity contribution in [1.29, 1.82) is 0 Å². The van der Waals surface area contributed by atoms with Crippen LogP contribution >= 0.6 is 12.4 Å². The molecule has 1 saturated carbocycles. The lowest BCUT2D eigenvalue weighted by atomic mass is 10.3. The fraction of sp³-hybridized carbons (Fsp3) is 0.556. The van der Waals surface area contributed by atoms with Gasteiger partial charge in [0.2, 0.25) is 0 Å². The second-order valence-corrected chi connectivity index (χ2v) is 3.21. The van der Waals surface area contributed by atoms with Gasteiger partial charge in [-0.05, 0) is 25.5 Å². The maximum absolute atomic E-state index is 5.42. The summed E-state index contributed by atoms with van der Waals surface area (Å²) in [5.41, 5.74) is 6.62. The second kappa shape index (κ2) is 4.53. The minimum atomic E-state index is 0. The second-order valence-electron chi connectivity index (χ2n) is 3.21. The van der Waals surface area contributed by atoms with E-state index >= 15 is 0 Å². The molecule has 2 N–H and O–H groups in total. The fourth-order valence-electron chi connectivity index (χ4n) is 1.27. The number of nitrogens with zero attached hydrogens (tertiary/aromatic N) is 2. The standard InChI is InChI=1S/C9H13N3.ClH/c10-5-3-9-11-6-4-8(12-9)7-1-2-7;/h4,6-7H,1-3,5,10H2;1H. The average Bonchev–Trinajstić information content (AvgIpc) is 2.88. The van der Waals surface area contributed by atoms with Crippen LogP contribution in [0.15, 0.2) is 12.3 Å². The van der Waals surface area contributed by atoms with E-state index in [1.165, 1.54) is 18.5 Å². The number of halogens is 1. The van der Waals surface area contributed by atoms with E-state index in [1.807, 2.05) is 12.3 Å². The molecule has 0 unspecified atom stereocenters. The van der Waals surface area contributed by atoms with E-state index in [-0.39, 0.29) is 12.4 Å². The Kier molecular flexibility index (Phi) is 3.63. The number of nitrogens with two attached hydrogens (primary N) is 1. The maximum atomic E-state index is 5.42. The maximum Gasteiger partial charge on any atom is 0.129 e. The molecular weight excluding hydrogens is 186 g/mol. The van der Waals surface area contributed by atoms with Gasteiger partial charge in [-0.3, -0.25) is 0 Å². The summed E-state index contributed by atoms with van der Waals surface area (Å²) in [6.07, 6.45) is 5.21. The van der Waals surface area contributed by atoms with Gasteiger partial charge in [0.05, 0.1) is 0 Å². The first-order chi connectivity index (χ1) is 5.90. The highest BCUT2D eigenvalue weighted by molar-refractivity contribution is 5.85. The van der Waals surface area contributed by atoms with E-state index in [4.69, 9.17) is 5.73 Å². The third kappa shape index (κ3) is 2.64. The summed E-state index contributed by atoms with van der Waals surface area (Å²) in [5.74, 6) is 1.60. The Morgan fingerprint density at radius 3 is 2.85 bits per heavy atom. The van der Waals surface area contributed by atoms with Crippen LogP contribution in [0.5, 0.6) is 0 Å². The summed E-state index contributed by atoms with van der Waals surface area (Å²) in [6, 6.07) is 2.01. The molecule has 0 amide bonds. The minimum absolute atomic E-state index is 0. The van der Waals surface area contributed by atoms with Crippen molar-refractivity contribution in [1.82, 2.24) is 9.97 Å². The minimum Gasteiger partial charge on any atom is -0.330 e. The van der Waals surface area contributed by atoms with Crippen LogP contribution < -0.4 is 5.73 Å². The molecule has 1 aromatic heterocycles. The first kappa shape index (κ1) is 10.4. The van der Waals surface area contributed by atoms with Gasteiger partial charge < -0.3 is 5.73 Å². The van der Waals surface area contributed by atoms with Crippen LogP contribution in [0.25, 0.3) is 0 Å². The number of rotatable bonds is 3. The summed E-state index contributed by atoms with van der Waals surface area (Å²) < 4.78 is 0. The lowest BCUT2D eigenvalue weighted by Crippen LogP contribution is -2.07. The summed E-state index contributed by atoms with van der Waals surface area (Å²) in [5, 5.41) is 0. The summed E-state index contributed by atoms with van der Waals surface area (Å²) in [7, 11) is 0. The first-order valence-corrected chi connectivity index (χ1v) is 4.42. The van der Waals surface area contributed by atoms with Gasteiger partial charge in [-0.25, -0.2) is 9.97 Å². The van der Waals surface area contributed by atoms with E-state index in [0.717, 1.165) is 12.2 Å². The summed E-state index contributed by atoms with van der Waals surface area (Å²) in [6.45, 7) is 0.633. The predicted molar refractivity (Wildman–Crippen MR) is 54.0 cm³/mol. The Hall–Kier alpha value is -0.670. The van der Waals surface area contributed by atoms with E-state index < -0.39 is 0 Å². The molecule has 1 fully saturated rings. The van der Waals surface area contributed by atoms with Gasteiger partial charge in [0, 0.05) is 24.2 Å². The van der Waals surface area contributed by atoms with Crippen LogP contribution in [0, 0.1) is 0 Å². The van der Waals surface area contributed by atoms with E-state index in [9.17, 15) is 0 Å². The molecular formula is C9H14ClN3. The zero-order chi connectivity index (χ0) is 8.39. The van der Waals surface area contributed by atoms with Crippen molar-refractivity contribution < 1.29 is 0 Å². The van der Waals surface area contributed by atoms with Crippen LogP contribution in [0.3, 0.4) is 0 Å². The van der Waals surface area contributed by atoms with Crippen LogP contribution in [-0.2, 0) is 6.42 Å². The summed E-state index contributed by atoms with van der Waals surface area (Å²) >= 11 is 0. The molecule has 72 valence electrons. The molecule has 0 saturated heterocycles. The average molecular weight is 200 g/mol. The number of hydrogen-bond acceptors (Lipinski definition) is 3. The van der Waals surface area contributed by atoms with Crippen LogP contribution in [0.4, 0.5) is 0 Å². The van der Waals surface area contributed by atoms with Gasteiger partial charge in [-0.15, -0.1) is 12.4 Å². The quantitative estimate of drug-likeness (QED) is 0.798. The SMILES string of the molecule is Cl.NCCc1nccc(C2CC2)n1. The Labute approximate surface area is 84.2 Å². The molecule has 0 aliphatic heterocycles. The molecule has 0 atom stereocenters. The van der Waals surface area contributed by atoms with Crippen molar-refractivity contribution in [2.24, 2.45) is 5.73 Å². The zero-order valence-corrected chi connectivity index (χ0v) is 8.26. The van der Waals surface area contributed by atoms with E-state index in [1.54, 1.807) is 0 Å². The smallest absolute Gasteiger partial charge is 0.129 e. The Morgan fingerprint density at radius 2 is 2.23 bits per heavy atom. The number of hydrogen-bond donors (Lipinski definition) is 1. The van der Waals surface area contributed by atoms with Gasteiger partial charge >= 0.3 is 0 Å². The molecule has 4 heteroatoms. The molecule has 0 bridgehead atoms. The summed E-state index contributed by atoms with van der Waals surface area (Å²) in [4.78, 5) is 8.58. The van der Waals surface area contributed by atoms with Gasteiger partial charge in [0.25, 0.3) is 0 Å². The lowest BCUT2D eigenvalue weighted by molar-refractivity contribution is 0.837. The van der Waals surface area contributed by atoms with Gasteiger partial charge in [-0.1, -0.05) is 0 Å². The van der Waals surface area contributed by atoms with Crippen molar-refractivity contribution in [3.05, 3.63) is 23.8 Å². The molecule has 3 nitrogen and oxygen atoms in total. The van der Waals surface area contributed by atoms with Crippen LogP contribution in [-0.4, -0.2) is 16.5 Å². The Balaban J connectivity index is 0.000000845. The molecule has 1 aliphatic rings. The first-order valence-electron chi connectivity index (χ1n) is 4.42. The molecule has 1 aliphatic carbocycles. The third-order valence-corrected chi connectivity index (χ3v) is 2.09. The molecule has 1 aromatic rings. The fourth-order valence-corrected chi connectivity index (χ4v) is 1.27. The molecule has 2 rings (SSSR count). The van der Waals surface area contributed by atoms with Crippen LogP contribution in [0.1, 0.15) is 30.3 Å². The van der Waals surface area contributed by atoms with Crippen molar-refractivity contribution in [2.45, 2.75) is 25.2 Å². The Morgan fingerprint density at radius 1 is 1.46 bits per heavy atom. The molecule has 0 spiro atoms. The van der Waals surface area contributed by atoms with E-state index in [2.05, 4.69) is 9.97 Å². The van der Waals surface area contributed by atoms with Crippen molar-refractivity contribution in [3.63, 3.8) is 0 Å². The van der Waals surface area contributed by atoms with Crippen molar-refractivity contribution in [2.75, 3.05) is 6.54 Å². The van der Waals surface area contributed by atoms with Gasteiger partial charge in [0.15, 0.2) is 0 Å². The molecule has 1 heterocycles. The highest BCUT2D eigenvalue weighted by Gasteiger charge is 2.24. The molecule has 0 aromatic carbocycles. The monoisotopic (exact) mass is 199 g/mol. The Bertz CT molecular complexity index is 273. The van der Waals surface area contributed by atoms with Gasteiger partial charge in [-0.2, -0.15) is 0 Å². The topological polar surface area (TPSA) is 51.8 Å². The normalized spacial score (nSPS) is 15.2. The third-order valence-electron chi connectivity index (χ3n) is 2.09. The van der Waals surface area contributed by atoms with Gasteiger partial charge in [0.1, 0.15) is 5.82 Å². The van der Waals surface area contributed by atoms with Crippen molar-refractivity contribution >= 4 is 12.4 Å². The largest absolute Gasteiger partial charge is 0.330 e.